The lowest BCUT2D eigenvalue weighted by atomic mass is 10.4. The van der Waals surface area contributed by atoms with Crippen LogP contribution < -0.4 is 16.6 Å². The molecule has 0 aliphatic carbocycles. The molecule has 1 rings (SSSR count). The minimum atomic E-state index is -0.272. The molecule has 0 unspecified atom stereocenters. The van der Waals surface area contributed by atoms with Gasteiger partial charge in [0.2, 0.25) is 0 Å². The van der Waals surface area contributed by atoms with Gasteiger partial charge in [-0.3, -0.25) is 4.79 Å². The van der Waals surface area contributed by atoms with E-state index in [1.54, 1.807) is 0 Å². The maximum absolute atomic E-state index is 10.9. The highest BCUT2D eigenvalue weighted by Gasteiger charge is 2.03. The highest BCUT2D eigenvalue weighted by molar-refractivity contribution is 5.91. The van der Waals surface area contributed by atoms with E-state index in [1.165, 1.54) is 19.4 Å². The highest BCUT2D eigenvalue weighted by atomic mass is 16.1. The number of carbonyl (C=O) groups is 1. The summed E-state index contributed by atoms with van der Waals surface area (Å²) in [7, 11) is 1.53. The van der Waals surface area contributed by atoms with E-state index in [-0.39, 0.29) is 11.6 Å². The Kier molecular flexibility index (Phi) is 2.54. The molecule has 0 saturated carbocycles. The molecule has 12 heavy (non-hydrogen) atoms. The van der Waals surface area contributed by atoms with E-state index in [9.17, 15) is 4.79 Å². The fraction of sp³-hybridized carbons (Fsp3) is 0.167. The van der Waals surface area contributed by atoms with Crippen molar-refractivity contribution in [2.24, 2.45) is 5.84 Å². The Bertz CT molecular complexity index is 270. The van der Waals surface area contributed by atoms with Gasteiger partial charge >= 0.3 is 0 Å². The van der Waals surface area contributed by atoms with Crippen LogP contribution in [0.4, 0.5) is 5.82 Å². The van der Waals surface area contributed by atoms with E-state index in [2.05, 4.69) is 20.7 Å². The zero-order chi connectivity index (χ0) is 8.97. The van der Waals surface area contributed by atoms with Crippen LogP contribution in [0.5, 0.6) is 0 Å². The maximum Gasteiger partial charge on any atom is 0.271 e. The first-order valence-corrected chi connectivity index (χ1v) is 3.28. The van der Waals surface area contributed by atoms with Crippen LogP contribution in [0.2, 0.25) is 0 Å². The topological polar surface area (TPSA) is 92.9 Å². The van der Waals surface area contributed by atoms with Crippen LogP contribution in [0, 0.1) is 0 Å². The molecule has 1 aromatic heterocycles. The van der Waals surface area contributed by atoms with Crippen LogP contribution in [0.1, 0.15) is 10.5 Å². The summed E-state index contributed by atoms with van der Waals surface area (Å²) in [5.41, 5.74) is 2.57. The third-order valence-corrected chi connectivity index (χ3v) is 1.26. The van der Waals surface area contributed by atoms with E-state index in [0.717, 1.165) is 0 Å². The van der Waals surface area contributed by atoms with Gasteiger partial charge in [0.25, 0.3) is 5.91 Å². The number of hydrazine groups is 1. The molecule has 1 aromatic rings. The first kappa shape index (κ1) is 8.41. The number of nitrogens with one attached hydrogen (secondary N) is 2. The number of aromatic nitrogens is 2. The van der Waals surface area contributed by atoms with Gasteiger partial charge in [-0.2, -0.15) is 0 Å². The van der Waals surface area contributed by atoms with Gasteiger partial charge in [0.15, 0.2) is 5.82 Å². The normalized spacial score (nSPS) is 9.17. The van der Waals surface area contributed by atoms with E-state index < -0.39 is 0 Å². The number of nitrogens with zero attached hydrogens (tertiary/aromatic N) is 2. The Morgan fingerprint density at radius 1 is 1.50 bits per heavy atom. The number of nitrogens with two attached hydrogens (primary N) is 1. The predicted molar refractivity (Wildman–Crippen MR) is 43.2 cm³/mol. The highest BCUT2D eigenvalue weighted by Crippen LogP contribution is 1.97. The van der Waals surface area contributed by atoms with Gasteiger partial charge < -0.3 is 10.7 Å². The van der Waals surface area contributed by atoms with Crippen molar-refractivity contribution in [3.05, 3.63) is 18.1 Å². The van der Waals surface area contributed by atoms with Crippen molar-refractivity contribution in [1.82, 2.24) is 15.3 Å². The number of hydrogen-bond acceptors (Lipinski definition) is 5. The molecule has 1 amide bonds. The molecule has 0 saturated heterocycles. The first-order valence-electron chi connectivity index (χ1n) is 3.28. The van der Waals surface area contributed by atoms with Crippen molar-refractivity contribution >= 4 is 11.7 Å². The van der Waals surface area contributed by atoms with Crippen molar-refractivity contribution in [2.45, 2.75) is 0 Å². The van der Waals surface area contributed by atoms with Gasteiger partial charge in [0.05, 0.1) is 12.4 Å². The van der Waals surface area contributed by atoms with Gasteiger partial charge in [0.1, 0.15) is 5.69 Å². The van der Waals surface area contributed by atoms with E-state index in [4.69, 9.17) is 5.84 Å². The average molecular weight is 167 g/mol. The SMILES string of the molecule is CNC(=O)c1cnc(NN)cn1. The Morgan fingerprint density at radius 3 is 2.67 bits per heavy atom. The van der Waals surface area contributed by atoms with Gasteiger partial charge in [0, 0.05) is 7.05 Å². The zero-order valence-corrected chi connectivity index (χ0v) is 6.53. The fourth-order valence-corrected chi connectivity index (χ4v) is 0.648. The second-order valence-corrected chi connectivity index (χ2v) is 2.01. The third-order valence-electron chi connectivity index (χ3n) is 1.26. The van der Waals surface area contributed by atoms with Crippen molar-refractivity contribution < 1.29 is 4.79 Å². The summed E-state index contributed by atoms with van der Waals surface area (Å²) >= 11 is 0. The van der Waals surface area contributed by atoms with Crippen molar-refractivity contribution in [3.8, 4) is 0 Å². The molecule has 4 N–H and O–H groups in total. The van der Waals surface area contributed by atoms with Crippen LogP contribution in [0.25, 0.3) is 0 Å². The second-order valence-electron chi connectivity index (χ2n) is 2.01. The molecule has 0 fully saturated rings. The number of amides is 1. The van der Waals surface area contributed by atoms with Crippen molar-refractivity contribution in [3.63, 3.8) is 0 Å². The maximum atomic E-state index is 10.9. The van der Waals surface area contributed by atoms with Gasteiger partial charge in [-0.05, 0) is 0 Å². The van der Waals surface area contributed by atoms with E-state index in [0.29, 0.717) is 5.82 Å². The Hall–Kier alpha value is -1.69. The number of nitrogen functional groups attached to an aromatic ring is 1. The minimum absolute atomic E-state index is 0.261. The van der Waals surface area contributed by atoms with Gasteiger partial charge in [-0.1, -0.05) is 0 Å². The van der Waals surface area contributed by atoms with Crippen LogP contribution in [0.3, 0.4) is 0 Å². The van der Waals surface area contributed by atoms with E-state index >= 15 is 0 Å². The van der Waals surface area contributed by atoms with Crippen LogP contribution in [0.15, 0.2) is 12.4 Å². The molecule has 0 bridgehead atoms. The molecule has 6 heteroatoms. The van der Waals surface area contributed by atoms with E-state index in [1.807, 2.05) is 0 Å². The van der Waals surface area contributed by atoms with Crippen molar-refractivity contribution in [1.29, 1.82) is 0 Å². The third kappa shape index (κ3) is 1.67. The summed E-state index contributed by atoms with van der Waals surface area (Å²) in [4.78, 5) is 18.6. The molecule has 0 aromatic carbocycles. The average Bonchev–Trinajstić information content (AvgIpc) is 2.17. The zero-order valence-electron chi connectivity index (χ0n) is 6.53. The molecular formula is C6H9N5O. The molecule has 64 valence electrons. The summed E-state index contributed by atoms with van der Waals surface area (Å²) < 4.78 is 0. The molecule has 0 radical (unpaired) electrons. The second kappa shape index (κ2) is 3.63. The molecule has 6 nitrogen and oxygen atoms in total. The van der Waals surface area contributed by atoms with Crippen LogP contribution in [-0.2, 0) is 0 Å². The molecule has 0 aliphatic heterocycles. The summed E-state index contributed by atoms with van der Waals surface area (Å²) in [6.07, 6.45) is 2.72. The number of carbonyl (C=O) groups excluding carboxylic acids is 1. The first-order chi connectivity index (χ1) is 5.77. The summed E-state index contributed by atoms with van der Waals surface area (Å²) in [5, 5.41) is 2.43. The Labute approximate surface area is 69.2 Å². The standard InChI is InChI=1S/C6H9N5O/c1-8-6(12)4-2-10-5(11-7)3-9-4/h2-3H,7H2,1H3,(H,8,12)(H,10,11). The lowest BCUT2D eigenvalue weighted by Gasteiger charge is -1.99. The molecule has 0 spiro atoms. The quantitative estimate of drug-likeness (QED) is 0.393. The molecule has 0 aliphatic rings. The fourth-order valence-electron chi connectivity index (χ4n) is 0.648. The Morgan fingerprint density at radius 2 is 2.25 bits per heavy atom. The lowest BCUT2D eigenvalue weighted by Crippen LogP contribution is -2.20. The van der Waals surface area contributed by atoms with Crippen LogP contribution >= 0.6 is 0 Å². The van der Waals surface area contributed by atoms with Crippen molar-refractivity contribution in [2.75, 3.05) is 12.5 Å². The minimum Gasteiger partial charge on any atom is -0.354 e. The summed E-state index contributed by atoms with van der Waals surface area (Å²) in [5.74, 6) is 5.20. The number of rotatable bonds is 2. The molecule has 0 atom stereocenters. The Balaban J connectivity index is 2.84. The molecular weight excluding hydrogens is 158 g/mol. The summed E-state index contributed by atoms with van der Waals surface area (Å²) in [6.45, 7) is 0. The number of anilines is 1. The van der Waals surface area contributed by atoms with Gasteiger partial charge in [-0.25, -0.2) is 15.8 Å². The smallest absolute Gasteiger partial charge is 0.271 e. The molecule has 1 heterocycles. The lowest BCUT2D eigenvalue weighted by molar-refractivity contribution is 0.0958. The largest absolute Gasteiger partial charge is 0.354 e. The summed E-state index contributed by atoms with van der Waals surface area (Å²) in [6, 6.07) is 0. The number of hydrogen-bond donors (Lipinski definition) is 3. The predicted octanol–water partition coefficient (Wildman–Crippen LogP) is -0.878. The monoisotopic (exact) mass is 167 g/mol. The van der Waals surface area contributed by atoms with Gasteiger partial charge in [-0.15, -0.1) is 0 Å². The van der Waals surface area contributed by atoms with Crippen LogP contribution in [-0.4, -0.2) is 22.9 Å².